The number of ether oxygens (including phenoxy) is 2. The molecule has 206 valence electrons. The van der Waals surface area contributed by atoms with Crippen molar-refractivity contribution in [3.8, 4) is 40.0 Å². The molecule has 0 aliphatic heterocycles. The third-order valence-electron chi connectivity index (χ3n) is 5.66. The van der Waals surface area contributed by atoms with E-state index in [4.69, 9.17) is 9.47 Å². The molecule has 0 radical (unpaired) electrons. The number of aryl methyl sites for hydroxylation is 2. The molecule has 0 unspecified atom stereocenters. The van der Waals surface area contributed by atoms with Crippen LogP contribution < -0.4 is 29.2 Å². The number of aromatic nitrogens is 1. The van der Waals surface area contributed by atoms with Gasteiger partial charge in [0.05, 0.1) is 17.9 Å². The lowest BCUT2D eigenvalue weighted by Crippen LogP contribution is -2.38. The fourth-order valence-electron chi connectivity index (χ4n) is 3.45. The van der Waals surface area contributed by atoms with Gasteiger partial charge in [0.25, 0.3) is 5.75 Å². The molecule has 2 aromatic carbocycles. The normalized spacial score (nSPS) is 11.2. The summed E-state index contributed by atoms with van der Waals surface area (Å²) in [4.78, 5) is 28.3. The third-order valence-corrected chi connectivity index (χ3v) is 6.61. The Labute approximate surface area is 221 Å². The number of benzene rings is 2. The Morgan fingerprint density at radius 2 is 1.68 bits per heavy atom. The van der Waals surface area contributed by atoms with Gasteiger partial charge in [0, 0.05) is 32.6 Å². The number of carboxylic acids is 1. The smallest absolute Gasteiger partial charge is 0.347 e. The molecule has 0 aliphatic carbocycles. The quantitative estimate of drug-likeness (QED) is 0.241. The van der Waals surface area contributed by atoms with E-state index < -0.39 is 28.8 Å². The number of hydrogen-bond donors (Lipinski definition) is 1. The lowest BCUT2D eigenvalue weighted by molar-refractivity contribution is -0.152. The van der Waals surface area contributed by atoms with E-state index in [-0.39, 0.29) is 11.3 Å². The molecule has 3 rings (SSSR count). The van der Waals surface area contributed by atoms with Gasteiger partial charge in [-0.25, -0.2) is 9.78 Å². The van der Waals surface area contributed by atoms with Gasteiger partial charge < -0.3 is 19.5 Å². The van der Waals surface area contributed by atoms with Gasteiger partial charge in [-0.1, -0.05) is 0 Å². The number of halogens is 3. The predicted molar refractivity (Wildman–Crippen MR) is 134 cm³/mol. The van der Waals surface area contributed by atoms with Crippen LogP contribution in [0.5, 0.6) is 28.7 Å². The first-order valence-corrected chi connectivity index (χ1v) is 12.3. The summed E-state index contributed by atoms with van der Waals surface area (Å²) in [6.07, 6.45) is 0.634. The molecule has 1 heterocycles. The van der Waals surface area contributed by atoms with Crippen LogP contribution in [0, 0.1) is 13.8 Å². The molecule has 9 nitrogen and oxygen atoms in total. The highest BCUT2D eigenvalue weighted by atomic mass is 32.1. The summed E-state index contributed by atoms with van der Waals surface area (Å²) < 4.78 is 50.1. The van der Waals surface area contributed by atoms with Crippen molar-refractivity contribution in [2.24, 2.45) is 0 Å². The van der Waals surface area contributed by atoms with Crippen LogP contribution in [-0.4, -0.2) is 41.9 Å². The molecule has 13 heteroatoms. The van der Waals surface area contributed by atoms with Crippen molar-refractivity contribution >= 4 is 22.4 Å². The predicted octanol–water partition coefficient (Wildman–Crippen LogP) is 6.36. The molecule has 0 bridgehead atoms. The first-order chi connectivity index (χ1) is 18.0. The largest absolute Gasteiger partial charge is 0.493 e. The molecular formula is C25H27F3N2O7S. The molecule has 1 N–H and O–H groups in total. The zero-order chi connectivity index (χ0) is 28.0. The number of aliphatic carboxylic acids is 1. The van der Waals surface area contributed by atoms with Gasteiger partial charge in [-0.3, -0.25) is 14.8 Å². The number of carbonyl (C=O) groups is 1. The molecule has 3 aromatic rings. The van der Waals surface area contributed by atoms with E-state index in [9.17, 15) is 23.5 Å². The number of rotatable bonds is 13. The monoisotopic (exact) mass is 556 g/mol. The van der Waals surface area contributed by atoms with E-state index in [1.54, 1.807) is 17.5 Å². The van der Waals surface area contributed by atoms with Crippen LogP contribution in [0.3, 0.4) is 0 Å². The summed E-state index contributed by atoms with van der Waals surface area (Å²) >= 11 is 1.26. The lowest BCUT2D eigenvalue weighted by Gasteiger charge is -2.23. The van der Waals surface area contributed by atoms with Crippen molar-refractivity contribution < 1.29 is 47.8 Å². The summed E-state index contributed by atoms with van der Waals surface area (Å²) in [5.41, 5.74) is 0.498. The molecule has 0 fully saturated rings. The van der Waals surface area contributed by atoms with Crippen molar-refractivity contribution in [3.05, 3.63) is 40.8 Å². The standard InChI is InChI=1S/C25H27F3N2O7S/c1-14-12-20(34-25(3,4)23(31)32)15(2)11-19(14)33-10-6-9-30(5)24-29-17(13-38-24)16-7-8-18(35-26)22(37-28)21(16)36-27/h7-8,11-13H,6,9-10H2,1-5H3,(H,31,32). The number of anilines is 1. The van der Waals surface area contributed by atoms with Gasteiger partial charge >= 0.3 is 5.97 Å². The molecular weight excluding hydrogens is 529 g/mol. The summed E-state index contributed by atoms with van der Waals surface area (Å²) in [6, 6.07) is 5.88. The van der Waals surface area contributed by atoms with Crippen molar-refractivity contribution in [2.45, 2.75) is 39.7 Å². The fourth-order valence-corrected chi connectivity index (χ4v) is 4.27. The highest BCUT2D eigenvalue weighted by molar-refractivity contribution is 7.14. The van der Waals surface area contributed by atoms with Gasteiger partial charge in [0.2, 0.25) is 11.5 Å². The number of nitrogens with zero attached hydrogens (tertiary/aromatic N) is 2. The van der Waals surface area contributed by atoms with E-state index in [1.807, 2.05) is 25.8 Å². The van der Waals surface area contributed by atoms with Gasteiger partial charge in [-0.05, 0) is 69.5 Å². The van der Waals surface area contributed by atoms with Crippen LogP contribution in [0.15, 0.2) is 29.6 Å². The molecule has 1 aromatic heterocycles. The molecule has 0 saturated heterocycles. The van der Waals surface area contributed by atoms with E-state index >= 15 is 0 Å². The number of hydrogen-bond acceptors (Lipinski definition) is 9. The second-order valence-corrected chi connectivity index (χ2v) is 9.78. The molecule has 0 saturated carbocycles. The van der Waals surface area contributed by atoms with Crippen molar-refractivity contribution in [1.29, 1.82) is 0 Å². The Balaban J connectivity index is 1.61. The van der Waals surface area contributed by atoms with Crippen molar-refractivity contribution in [3.63, 3.8) is 0 Å². The topological polar surface area (TPSA) is 99.6 Å². The molecule has 0 spiro atoms. The van der Waals surface area contributed by atoms with Crippen molar-refractivity contribution in [1.82, 2.24) is 4.98 Å². The molecule has 0 atom stereocenters. The van der Waals surface area contributed by atoms with Crippen LogP contribution in [0.1, 0.15) is 31.4 Å². The number of carboxylic acid groups (broad SMARTS) is 1. The van der Waals surface area contributed by atoms with E-state index in [2.05, 4.69) is 19.8 Å². The minimum absolute atomic E-state index is 0.0465. The van der Waals surface area contributed by atoms with E-state index in [1.165, 1.54) is 31.3 Å². The Morgan fingerprint density at radius 1 is 1.03 bits per heavy atom. The average molecular weight is 557 g/mol. The van der Waals surface area contributed by atoms with Gasteiger partial charge in [0.15, 0.2) is 10.7 Å². The van der Waals surface area contributed by atoms with E-state index in [0.717, 1.165) is 17.2 Å². The van der Waals surface area contributed by atoms with Crippen molar-refractivity contribution in [2.75, 3.05) is 25.1 Å². The van der Waals surface area contributed by atoms with Crippen LogP contribution in [0.4, 0.5) is 18.7 Å². The Hall–Kier alpha value is -3.87. The van der Waals surface area contributed by atoms with Crippen LogP contribution >= 0.6 is 11.3 Å². The SMILES string of the molecule is Cc1cc(OC(C)(C)C(=O)O)c(C)cc1OCCCN(C)c1nc(-c2ccc(OF)c(OF)c2OF)cs1. The zero-order valence-corrected chi connectivity index (χ0v) is 22.2. The first kappa shape index (κ1) is 28.7. The van der Waals surface area contributed by atoms with E-state index in [0.29, 0.717) is 36.2 Å². The Morgan fingerprint density at radius 3 is 2.32 bits per heavy atom. The van der Waals surface area contributed by atoms with Gasteiger partial charge in [-0.15, -0.1) is 11.3 Å². The van der Waals surface area contributed by atoms with Crippen LogP contribution in [0.25, 0.3) is 11.3 Å². The maximum Gasteiger partial charge on any atom is 0.347 e. The third kappa shape index (κ3) is 6.33. The maximum atomic E-state index is 13.1. The summed E-state index contributed by atoms with van der Waals surface area (Å²) in [5, 5.41) is 11.5. The fraction of sp³-hybridized carbons (Fsp3) is 0.360. The van der Waals surface area contributed by atoms with Crippen LogP contribution in [0.2, 0.25) is 0 Å². The second kappa shape index (κ2) is 12.1. The maximum absolute atomic E-state index is 13.1. The molecule has 0 amide bonds. The van der Waals surface area contributed by atoms with Crippen LogP contribution in [-0.2, 0) is 4.79 Å². The minimum atomic E-state index is -1.37. The highest BCUT2D eigenvalue weighted by Crippen LogP contribution is 2.45. The summed E-state index contributed by atoms with van der Waals surface area (Å²) in [7, 11) is 1.82. The molecule has 38 heavy (non-hydrogen) atoms. The average Bonchev–Trinajstić information content (AvgIpc) is 3.38. The molecule has 0 aliphatic rings. The zero-order valence-electron chi connectivity index (χ0n) is 21.3. The second-order valence-electron chi connectivity index (χ2n) is 8.94. The first-order valence-electron chi connectivity index (χ1n) is 11.4. The van der Waals surface area contributed by atoms with Gasteiger partial charge in [0.1, 0.15) is 11.5 Å². The summed E-state index contributed by atoms with van der Waals surface area (Å²) in [6.45, 7) is 7.59. The summed E-state index contributed by atoms with van der Waals surface area (Å²) in [5.74, 6) is -2.21. The Kier molecular flexibility index (Phi) is 9.15. The minimum Gasteiger partial charge on any atom is -0.493 e. The van der Waals surface area contributed by atoms with Gasteiger partial charge in [-0.2, -0.15) is 0 Å². The Bertz CT molecular complexity index is 1290. The highest BCUT2D eigenvalue weighted by Gasteiger charge is 2.30. The number of thiazole rings is 1. The lowest BCUT2D eigenvalue weighted by atomic mass is 10.1.